The normalized spacial score (nSPS) is 14.3. The second-order valence-corrected chi connectivity index (χ2v) is 12.0. The number of fused-ring (bicyclic) bond motifs is 1. The highest BCUT2D eigenvalue weighted by atomic mass is 35.5. The number of aryl methyl sites for hydroxylation is 1. The predicted molar refractivity (Wildman–Crippen MR) is 168 cm³/mol. The molecule has 0 bridgehead atoms. The molecule has 1 aliphatic heterocycles. The van der Waals surface area contributed by atoms with E-state index in [0.29, 0.717) is 58.0 Å². The molecule has 1 saturated heterocycles. The van der Waals surface area contributed by atoms with Crippen LogP contribution in [0.5, 0.6) is 11.5 Å². The Morgan fingerprint density at radius 2 is 1.86 bits per heavy atom. The van der Waals surface area contributed by atoms with Crippen LogP contribution < -0.4 is 25.4 Å². The molecule has 0 aliphatic carbocycles. The molecule has 1 fully saturated rings. The van der Waals surface area contributed by atoms with Gasteiger partial charge in [0.05, 0.1) is 29.9 Å². The summed E-state index contributed by atoms with van der Waals surface area (Å²) in [6, 6.07) is 8.48. The summed E-state index contributed by atoms with van der Waals surface area (Å²) in [4.78, 5) is 35.7. The van der Waals surface area contributed by atoms with Crippen molar-refractivity contribution in [3.05, 3.63) is 47.2 Å². The van der Waals surface area contributed by atoms with E-state index in [1.165, 1.54) is 6.33 Å². The maximum atomic E-state index is 12.8. The van der Waals surface area contributed by atoms with Crippen LogP contribution in [-0.2, 0) is 4.74 Å². The molecular weight excluding hydrogens is 572 g/mol. The quantitative estimate of drug-likeness (QED) is 0.229. The van der Waals surface area contributed by atoms with Crippen LogP contribution in [0.1, 0.15) is 45.6 Å². The summed E-state index contributed by atoms with van der Waals surface area (Å²) < 4.78 is 17.0. The van der Waals surface area contributed by atoms with Gasteiger partial charge in [0.1, 0.15) is 17.7 Å². The van der Waals surface area contributed by atoms with E-state index >= 15 is 0 Å². The molecule has 232 valence electrons. The van der Waals surface area contributed by atoms with Gasteiger partial charge in [0.25, 0.3) is 0 Å². The smallest absolute Gasteiger partial charge is 0.407 e. The fraction of sp³-hybridized carbons (Fsp3) is 0.484. The van der Waals surface area contributed by atoms with Gasteiger partial charge in [-0.3, -0.25) is 5.32 Å². The fourth-order valence-electron chi connectivity index (χ4n) is 4.90. The molecule has 2 aromatic carbocycles. The summed E-state index contributed by atoms with van der Waals surface area (Å²) in [7, 11) is 1.57. The maximum Gasteiger partial charge on any atom is 0.407 e. The Bertz CT molecular complexity index is 1400. The van der Waals surface area contributed by atoms with Crippen LogP contribution in [0, 0.1) is 12.8 Å². The van der Waals surface area contributed by atoms with Crippen molar-refractivity contribution in [3.63, 3.8) is 0 Å². The summed E-state index contributed by atoms with van der Waals surface area (Å²) in [5.74, 6) is 1.88. The molecule has 1 aromatic heterocycles. The Labute approximate surface area is 257 Å². The number of para-hydroxylation sites is 1. The number of halogens is 1. The molecule has 0 saturated carbocycles. The minimum atomic E-state index is -0.490. The fourth-order valence-corrected chi connectivity index (χ4v) is 5.17. The molecule has 43 heavy (non-hydrogen) atoms. The molecule has 0 radical (unpaired) electrons. The van der Waals surface area contributed by atoms with Gasteiger partial charge in [0, 0.05) is 24.5 Å². The standard InChI is InChI=1S/C31H41ClN6O5/c1-20-8-6-9-23(32)27(20)36-29(39)37-28-22-16-25(41-5)26(17-24(22)34-19-35-28)42-15-7-12-38-13-10-21(11-14-38)18-33-30(40)43-31(2,3)4/h6,8-9,16-17,19,21H,7,10-15,18H2,1-5H3,(H,33,40)(H2,34,35,36,37,39). The number of hydrogen-bond donors (Lipinski definition) is 3. The molecule has 0 spiro atoms. The van der Waals surface area contributed by atoms with Crippen LogP contribution in [0.3, 0.4) is 0 Å². The molecular formula is C31H41ClN6O5. The molecule has 4 rings (SSSR count). The monoisotopic (exact) mass is 612 g/mol. The lowest BCUT2D eigenvalue weighted by Crippen LogP contribution is -2.40. The highest BCUT2D eigenvalue weighted by Crippen LogP contribution is 2.34. The van der Waals surface area contributed by atoms with Crippen molar-refractivity contribution >= 4 is 46.1 Å². The number of ether oxygens (including phenoxy) is 3. The molecule has 3 N–H and O–H groups in total. The highest BCUT2D eigenvalue weighted by Gasteiger charge is 2.22. The minimum Gasteiger partial charge on any atom is -0.493 e. The number of rotatable bonds is 10. The molecule has 3 aromatic rings. The summed E-state index contributed by atoms with van der Waals surface area (Å²) in [6.07, 6.45) is 3.94. The van der Waals surface area contributed by atoms with Crippen molar-refractivity contribution in [1.29, 1.82) is 0 Å². The van der Waals surface area contributed by atoms with Gasteiger partial charge in [-0.2, -0.15) is 0 Å². The number of methoxy groups -OCH3 is 1. The van der Waals surface area contributed by atoms with Crippen LogP contribution in [0.15, 0.2) is 36.7 Å². The molecule has 0 unspecified atom stereocenters. The molecule has 11 nitrogen and oxygen atoms in total. The van der Waals surface area contributed by atoms with Crippen LogP contribution in [0.4, 0.5) is 21.1 Å². The van der Waals surface area contributed by atoms with Crippen LogP contribution in [-0.4, -0.2) is 72.5 Å². The number of amides is 3. The summed E-state index contributed by atoms with van der Waals surface area (Å²) in [6.45, 7) is 11.5. The van der Waals surface area contributed by atoms with Crippen LogP contribution in [0.25, 0.3) is 10.9 Å². The van der Waals surface area contributed by atoms with Gasteiger partial charge in [0.2, 0.25) is 0 Å². The first-order chi connectivity index (χ1) is 20.5. The largest absolute Gasteiger partial charge is 0.493 e. The van der Waals surface area contributed by atoms with Crippen molar-refractivity contribution < 1.29 is 23.8 Å². The van der Waals surface area contributed by atoms with Crippen LogP contribution >= 0.6 is 11.6 Å². The van der Waals surface area contributed by atoms with Gasteiger partial charge in [-0.25, -0.2) is 19.6 Å². The third kappa shape index (κ3) is 9.33. The second-order valence-electron chi connectivity index (χ2n) is 11.6. The lowest BCUT2D eigenvalue weighted by atomic mass is 9.97. The van der Waals surface area contributed by atoms with Gasteiger partial charge in [0.15, 0.2) is 11.5 Å². The van der Waals surface area contributed by atoms with Gasteiger partial charge in [-0.1, -0.05) is 23.7 Å². The average molecular weight is 613 g/mol. The zero-order valence-electron chi connectivity index (χ0n) is 25.5. The average Bonchev–Trinajstić information content (AvgIpc) is 2.95. The van der Waals surface area contributed by atoms with E-state index in [1.54, 1.807) is 25.3 Å². The van der Waals surface area contributed by atoms with Gasteiger partial charge in [-0.15, -0.1) is 0 Å². The number of nitrogens with zero attached hydrogens (tertiary/aromatic N) is 3. The first kappa shape index (κ1) is 32.1. The van der Waals surface area contributed by atoms with E-state index in [4.69, 9.17) is 25.8 Å². The Morgan fingerprint density at radius 1 is 1.09 bits per heavy atom. The Kier molecular flexibility index (Phi) is 10.9. The lowest BCUT2D eigenvalue weighted by Gasteiger charge is -2.32. The van der Waals surface area contributed by atoms with Gasteiger partial charge in [-0.05, 0) is 83.7 Å². The number of likely N-dealkylation sites (tertiary alicyclic amines) is 1. The predicted octanol–water partition coefficient (Wildman–Crippen LogP) is 6.25. The zero-order chi connectivity index (χ0) is 31.0. The molecule has 0 atom stereocenters. The SMILES string of the molecule is COc1cc2c(NC(=O)Nc3c(C)cccc3Cl)ncnc2cc1OCCCN1CCC(CNC(=O)OC(C)(C)C)CC1. The first-order valence-electron chi connectivity index (χ1n) is 14.5. The van der Waals surface area contributed by atoms with E-state index in [1.807, 2.05) is 39.8 Å². The summed E-state index contributed by atoms with van der Waals surface area (Å²) in [5, 5.41) is 9.53. The molecule has 2 heterocycles. The second kappa shape index (κ2) is 14.6. The first-order valence-corrected chi connectivity index (χ1v) is 14.9. The molecule has 3 amide bonds. The third-order valence-corrected chi connectivity index (χ3v) is 7.45. The van der Waals surface area contributed by atoms with Crippen molar-refractivity contribution in [2.24, 2.45) is 5.92 Å². The number of carbonyl (C=O) groups excluding carboxylic acids is 2. The molecule has 12 heteroatoms. The summed E-state index contributed by atoms with van der Waals surface area (Å²) in [5.41, 5.74) is 1.50. The van der Waals surface area contributed by atoms with Gasteiger partial charge < -0.3 is 29.7 Å². The van der Waals surface area contributed by atoms with E-state index < -0.39 is 11.6 Å². The Hall–Kier alpha value is -3.83. The number of carbonyl (C=O) groups is 2. The van der Waals surface area contributed by atoms with E-state index in [-0.39, 0.29) is 6.09 Å². The summed E-state index contributed by atoms with van der Waals surface area (Å²) >= 11 is 6.25. The number of urea groups is 1. The Morgan fingerprint density at radius 3 is 2.56 bits per heavy atom. The van der Waals surface area contributed by atoms with Crippen molar-refractivity contribution in [3.8, 4) is 11.5 Å². The lowest BCUT2D eigenvalue weighted by molar-refractivity contribution is 0.0509. The zero-order valence-corrected chi connectivity index (χ0v) is 26.2. The third-order valence-electron chi connectivity index (χ3n) is 7.13. The minimum absolute atomic E-state index is 0.335. The number of anilines is 2. The maximum absolute atomic E-state index is 12.8. The van der Waals surface area contributed by atoms with Crippen molar-refractivity contribution in [2.75, 3.05) is 50.5 Å². The Balaban J connectivity index is 1.26. The van der Waals surface area contributed by atoms with E-state index in [0.717, 1.165) is 44.5 Å². The van der Waals surface area contributed by atoms with Crippen molar-refractivity contribution in [1.82, 2.24) is 20.2 Å². The number of hydrogen-bond acceptors (Lipinski definition) is 8. The van der Waals surface area contributed by atoms with E-state index in [9.17, 15) is 9.59 Å². The number of benzene rings is 2. The number of alkyl carbamates (subject to hydrolysis) is 1. The number of aromatic nitrogens is 2. The molecule has 1 aliphatic rings. The van der Waals surface area contributed by atoms with Crippen LogP contribution in [0.2, 0.25) is 5.02 Å². The van der Waals surface area contributed by atoms with Gasteiger partial charge >= 0.3 is 12.1 Å². The topological polar surface area (TPSA) is 127 Å². The number of piperidine rings is 1. The van der Waals surface area contributed by atoms with Crippen molar-refractivity contribution in [2.45, 2.75) is 52.6 Å². The number of nitrogens with one attached hydrogen (secondary N) is 3. The van der Waals surface area contributed by atoms with E-state index in [2.05, 4.69) is 30.8 Å². The highest BCUT2D eigenvalue weighted by molar-refractivity contribution is 6.34.